The minimum Gasteiger partial charge on any atom is -0.399 e. The van der Waals surface area contributed by atoms with Gasteiger partial charge in [-0.05, 0) is 67.1 Å². The average Bonchev–Trinajstić information content (AvgIpc) is 2.80. The SMILES string of the molecule is Nc1ccc(CN2CCC(CCOC(c3ccccc3)c3ccccc3)CC2)cc1. The molecule has 1 saturated heterocycles. The number of piperidine rings is 1. The van der Waals surface area contributed by atoms with Crippen molar-refractivity contribution in [3.05, 3.63) is 102 Å². The Morgan fingerprint density at radius 1 is 0.800 bits per heavy atom. The summed E-state index contributed by atoms with van der Waals surface area (Å²) in [4.78, 5) is 2.56. The van der Waals surface area contributed by atoms with E-state index in [4.69, 9.17) is 10.5 Å². The predicted octanol–water partition coefficient (Wildman–Crippen LogP) is 5.68. The zero-order valence-electron chi connectivity index (χ0n) is 17.6. The fourth-order valence-corrected chi connectivity index (χ4v) is 4.31. The molecule has 3 aromatic rings. The van der Waals surface area contributed by atoms with Gasteiger partial charge >= 0.3 is 0 Å². The molecule has 3 aromatic carbocycles. The van der Waals surface area contributed by atoms with Crippen LogP contribution in [-0.4, -0.2) is 24.6 Å². The molecule has 3 nitrogen and oxygen atoms in total. The van der Waals surface area contributed by atoms with E-state index < -0.39 is 0 Å². The molecule has 4 rings (SSSR count). The van der Waals surface area contributed by atoms with Crippen LogP contribution in [0.15, 0.2) is 84.9 Å². The van der Waals surface area contributed by atoms with Crippen LogP contribution in [0.25, 0.3) is 0 Å². The summed E-state index contributed by atoms with van der Waals surface area (Å²) in [6.07, 6.45) is 3.64. The minimum atomic E-state index is 0.0120. The van der Waals surface area contributed by atoms with Crippen LogP contribution in [0.4, 0.5) is 5.69 Å². The first-order chi connectivity index (χ1) is 14.8. The molecule has 0 radical (unpaired) electrons. The maximum absolute atomic E-state index is 6.43. The quantitative estimate of drug-likeness (QED) is 0.495. The molecule has 0 unspecified atom stereocenters. The predicted molar refractivity (Wildman–Crippen MR) is 124 cm³/mol. The summed E-state index contributed by atoms with van der Waals surface area (Å²) in [6, 6.07) is 29.4. The van der Waals surface area contributed by atoms with Crippen LogP contribution >= 0.6 is 0 Å². The number of hydrogen-bond acceptors (Lipinski definition) is 3. The van der Waals surface area contributed by atoms with Gasteiger partial charge in [-0.2, -0.15) is 0 Å². The summed E-state index contributed by atoms with van der Waals surface area (Å²) < 4.78 is 6.43. The van der Waals surface area contributed by atoms with Crippen molar-refractivity contribution in [2.45, 2.75) is 31.9 Å². The van der Waals surface area contributed by atoms with Crippen LogP contribution in [0.1, 0.15) is 42.1 Å². The van der Waals surface area contributed by atoms with Crippen LogP contribution in [0.5, 0.6) is 0 Å². The van der Waals surface area contributed by atoms with Gasteiger partial charge in [0.1, 0.15) is 6.10 Å². The first-order valence-corrected chi connectivity index (χ1v) is 11.1. The minimum absolute atomic E-state index is 0.0120. The molecule has 0 spiro atoms. The fourth-order valence-electron chi connectivity index (χ4n) is 4.31. The Morgan fingerprint density at radius 3 is 1.93 bits per heavy atom. The maximum atomic E-state index is 6.43. The molecule has 0 saturated carbocycles. The highest BCUT2D eigenvalue weighted by Crippen LogP contribution is 2.28. The van der Waals surface area contributed by atoms with E-state index in [1.165, 1.54) is 29.5 Å². The molecular weight excluding hydrogens is 368 g/mol. The smallest absolute Gasteiger partial charge is 0.108 e. The molecule has 1 aliphatic heterocycles. The molecule has 2 N–H and O–H groups in total. The van der Waals surface area contributed by atoms with E-state index in [1.807, 2.05) is 12.1 Å². The summed E-state index contributed by atoms with van der Waals surface area (Å²) in [5.74, 6) is 0.750. The maximum Gasteiger partial charge on any atom is 0.108 e. The van der Waals surface area contributed by atoms with Gasteiger partial charge in [0.15, 0.2) is 0 Å². The van der Waals surface area contributed by atoms with Crippen molar-refractivity contribution in [3.8, 4) is 0 Å². The van der Waals surface area contributed by atoms with Crippen molar-refractivity contribution in [2.75, 3.05) is 25.4 Å². The molecule has 3 heteroatoms. The first kappa shape index (κ1) is 20.6. The van der Waals surface area contributed by atoms with Gasteiger partial charge in [0, 0.05) is 18.8 Å². The molecule has 0 bridgehead atoms. The van der Waals surface area contributed by atoms with Crippen LogP contribution < -0.4 is 5.73 Å². The van der Waals surface area contributed by atoms with Gasteiger partial charge in [-0.15, -0.1) is 0 Å². The molecule has 0 amide bonds. The number of ether oxygens (including phenoxy) is 1. The van der Waals surface area contributed by atoms with E-state index in [0.717, 1.165) is 44.3 Å². The monoisotopic (exact) mass is 400 g/mol. The Morgan fingerprint density at radius 2 is 1.37 bits per heavy atom. The van der Waals surface area contributed by atoms with E-state index in [1.54, 1.807) is 0 Å². The van der Waals surface area contributed by atoms with Crippen LogP contribution in [0.3, 0.4) is 0 Å². The van der Waals surface area contributed by atoms with Gasteiger partial charge in [-0.3, -0.25) is 4.90 Å². The topological polar surface area (TPSA) is 38.5 Å². The van der Waals surface area contributed by atoms with E-state index in [2.05, 4.69) is 77.7 Å². The Bertz CT molecular complexity index is 832. The lowest BCUT2D eigenvalue weighted by molar-refractivity contribution is 0.0596. The van der Waals surface area contributed by atoms with E-state index >= 15 is 0 Å². The average molecular weight is 401 g/mol. The van der Waals surface area contributed by atoms with Crippen LogP contribution in [-0.2, 0) is 11.3 Å². The number of nitrogens with two attached hydrogens (primary N) is 1. The lowest BCUT2D eigenvalue weighted by atomic mass is 9.93. The highest BCUT2D eigenvalue weighted by Gasteiger charge is 2.20. The largest absolute Gasteiger partial charge is 0.399 e. The lowest BCUT2D eigenvalue weighted by Gasteiger charge is -2.32. The highest BCUT2D eigenvalue weighted by molar-refractivity contribution is 5.39. The molecular formula is C27H32N2O. The number of rotatable bonds is 8. The molecule has 156 valence electrons. The fraction of sp³-hybridized carbons (Fsp3) is 0.333. The Hall–Kier alpha value is -2.62. The lowest BCUT2D eigenvalue weighted by Crippen LogP contribution is -2.33. The van der Waals surface area contributed by atoms with Crippen LogP contribution in [0, 0.1) is 5.92 Å². The summed E-state index contributed by atoms with van der Waals surface area (Å²) in [6.45, 7) is 4.15. The molecule has 0 atom stereocenters. The summed E-state index contributed by atoms with van der Waals surface area (Å²) in [7, 11) is 0. The molecule has 1 heterocycles. The van der Waals surface area contributed by atoms with E-state index in [0.29, 0.717) is 0 Å². The van der Waals surface area contributed by atoms with Gasteiger partial charge in [0.25, 0.3) is 0 Å². The van der Waals surface area contributed by atoms with Gasteiger partial charge in [-0.25, -0.2) is 0 Å². The van der Waals surface area contributed by atoms with Crippen molar-refractivity contribution < 1.29 is 4.74 Å². The number of nitrogens with zero attached hydrogens (tertiary/aromatic N) is 1. The van der Waals surface area contributed by atoms with Gasteiger partial charge in [0.2, 0.25) is 0 Å². The molecule has 0 aromatic heterocycles. The van der Waals surface area contributed by atoms with Crippen molar-refractivity contribution in [2.24, 2.45) is 5.92 Å². The third-order valence-corrected chi connectivity index (χ3v) is 6.11. The van der Waals surface area contributed by atoms with Crippen molar-refractivity contribution >= 4 is 5.69 Å². The Kier molecular flexibility index (Phi) is 7.17. The third-order valence-electron chi connectivity index (χ3n) is 6.11. The van der Waals surface area contributed by atoms with Crippen LogP contribution in [0.2, 0.25) is 0 Å². The van der Waals surface area contributed by atoms with Gasteiger partial charge in [0.05, 0.1) is 0 Å². The second-order valence-electron chi connectivity index (χ2n) is 8.32. The molecule has 1 fully saturated rings. The zero-order valence-corrected chi connectivity index (χ0v) is 17.6. The zero-order chi connectivity index (χ0) is 20.6. The number of likely N-dealkylation sites (tertiary alicyclic amines) is 1. The van der Waals surface area contributed by atoms with Crippen molar-refractivity contribution in [1.82, 2.24) is 4.90 Å². The second kappa shape index (κ2) is 10.4. The normalized spacial score (nSPS) is 15.5. The second-order valence-corrected chi connectivity index (χ2v) is 8.32. The van der Waals surface area contributed by atoms with Crippen molar-refractivity contribution in [3.63, 3.8) is 0 Å². The van der Waals surface area contributed by atoms with E-state index in [9.17, 15) is 0 Å². The number of nitrogen functional groups attached to an aromatic ring is 1. The molecule has 30 heavy (non-hydrogen) atoms. The first-order valence-electron chi connectivity index (χ1n) is 11.1. The standard InChI is InChI=1S/C27H32N2O/c28-26-13-11-23(12-14-26)21-29-18-15-22(16-19-29)17-20-30-27(24-7-3-1-4-8-24)25-9-5-2-6-10-25/h1-14,22,27H,15-21,28H2. The van der Waals surface area contributed by atoms with Gasteiger partial charge in [-0.1, -0.05) is 72.8 Å². The number of hydrogen-bond donors (Lipinski definition) is 1. The third kappa shape index (κ3) is 5.71. The summed E-state index contributed by atoms with van der Waals surface area (Å²) >= 11 is 0. The van der Waals surface area contributed by atoms with Gasteiger partial charge < -0.3 is 10.5 Å². The highest BCUT2D eigenvalue weighted by atomic mass is 16.5. The van der Waals surface area contributed by atoms with E-state index in [-0.39, 0.29) is 6.10 Å². The Labute approximate surface area is 180 Å². The number of anilines is 1. The molecule has 1 aliphatic rings. The molecule has 0 aliphatic carbocycles. The summed E-state index contributed by atoms with van der Waals surface area (Å²) in [5, 5.41) is 0. The van der Waals surface area contributed by atoms with Crippen molar-refractivity contribution in [1.29, 1.82) is 0 Å². The Balaban J connectivity index is 1.26. The summed E-state index contributed by atoms with van der Waals surface area (Å²) in [5.41, 5.74) is 10.4. The number of benzene rings is 3.